The smallest absolute Gasteiger partial charge is 0.265 e. The molecule has 0 unspecified atom stereocenters. The molecule has 1 aliphatic heterocycles. The summed E-state index contributed by atoms with van der Waals surface area (Å²) in [5, 5.41) is 3.93. The maximum Gasteiger partial charge on any atom is 0.265 e. The summed E-state index contributed by atoms with van der Waals surface area (Å²) in [5.74, 6) is -0.706. The Morgan fingerprint density at radius 2 is 2.16 bits per heavy atom. The van der Waals surface area contributed by atoms with Gasteiger partial charge >= 0.3 is 0 Å². The van der Waals surface area contributed by atoms with Crippen molar-refractivity contribution in [3.63, 3.8) is 0 Å². The number of piperazine rings is 1. The second-order valence-electron chi connectivity index (χ2n) is 4.68. The molecule has 0 atom stereocenters. The lowest BCUT2D eigenvalue weighted by Gasteiger charge is -2.39. The van der Waals surface area contributed by atoms with E-state index in [-0.39, 0.29) is 12.5 Å². The molecule has 0 spiro atoms. The monoisotopic (exact) mass is 282 g/mol. The van der Waals surface area contributed by atoms with Gasteiger partial charge in [0.05, 0.1) is 12.0 Å². The molecule has 0 bridgehead atoms. The van der Waals surface area contributed by atoms with E-state index in [1.54, 1.807) is 25.3 Å². The molecule has 0 aliphatic carbocycles. The maximum atomic E-state index is 12.4. The summed E-state index contributed by atoms with van der Waals surface area (Å²) in [6.45, 7) is 3.09. The number of nitrogens with one attached hydrogen (secondary N) is 1. The summed E-state index contributed by atoms with van der Waals surface area (Å²) in [6, 6.07) is 1.60. The van der Waals surface area contributed by atoms with Gasteiger partial charge in [-0.25, -0.2) is 0 Å². The van der Waals surface area contributed by atoms with Crippen molar-refractivity contribution >= 4 is 29.1 Å². The molecule has 0 saturated carbocycles. The number of imide groups is 1. The standard InChI is InChI=1S/C12H14N2O4S/c1-12(2)11(17)13-9(15)5-14(12)10(16)8-4-7(18-3)6-19-8/h4,6H,5H2,1-3H3,(H,13,15,17). The Hall–Kier alpha value is -1.89. The van der Waals surface area contributed by atoms with Crippen LogP contribution in [-0.4, -0.2) is 41.8 Å². The van der Waals surface area contributed by atoms with E-state index in [9.17, 15) is 14.4 Å². The van der Waals surface area contributed by atoms with Gasteiger partial charge in [-0.2, -0.15) is 0 Å². The lowest BCUT2D eigenvalue weighted by molar-refractivity contribution is -0.143. The quantitative estimate of drug-likeness (QED) is 0.807. The molecular formula is C12H14N2O4S. The zero-order valence-electron chi connectivity index (χ0n) is 10.9. The average molecular weight is 282 g/mol. The third kappa shape index (κ3) is 2.33. The van der Waals surface area contributed by atoms with Crippen molar-refractivity contribution in [1.29, 1.82) is 0 Å². The number of carbonyl (C=O) groups is 3. The maximum absolute atomic E-state index is 12.4. The van der Waals surface area contributed by atoms with Crippen LogP contribution >= 0.6 is 11.3 Å². The number of nitrogens with zero attached hydrogens (tertiary/aromatic N) is 1. The lowest BCUT2D eigenvalue weighted by atomic mass is 9.98. The number of hydrogen-bond donors (Lipinski definition) is 1. The highest BCUT2D eigenvalue weighted by molar-refractivity contribution is 7.12. The van der Waals surface area contributed by atoms with Crippen molar-refractivity contribution in [3.05, 3.63) is 16.3 Å². The summed E-state index contributed by atoms with van der Waals surface area (Å²) in [7, 11) is 1.51. The Kier molecular flexibility index (Phi) is 3.32. The zero-order chi connectivity index (χ0) is 14.2. The zero-order valence-corrected chi connectivity index (χ0v) is 11.7. The highest BCUT2D eigenvalue weighted by atomic mass is 32.1. The molecule has 7 heteroatoms. The van der Waals surface area contributed by atoms with Gasteiger partial charge in [0.25, 0.3) is 11.8 Å². The van der Waals surface area contributed by atoms with Gasteiger partial charge in [0.2, 0.25) is 5.91 Å². The molecule has 1 aliphatic rings. The molecule has 0 aromatic carbocycles. The lowest BCUT2D eigenvalue weighted by Crippen LogP contribution is -2.65. The van der Waals surface area contributed by atoms with E-state index in [4.69, 9.17) is 4.74 Å². The average Bonchev–Trinajstić information content (AvgIpc) is 2.82. The van der Waals surface area contributed by atoms with E-state index in [2.05, 4.69) is 5.32 Å². The minimum Gasteiger partial charge on any atom is -0.496 e. The van der Waals surface area contributed by atoms with Crippen LogP contribution in [0, 0.1) is 0 Å². The first kappa shape index (κ1) is 13.5. The third-order valence-corrected chi connectivity index (χ3v) is 3.95. The number of methoxy groups -OCH3 is 1. The van der Waals surface area contributed by atoms with Gasteiger partial charge in [-0.3, -0.25) is 19.7 Å². The minimum absolute atomic E-state index is 0.127. The predicted molar refractivity (Wildman–Crippen MR) is 69.1 cm³/mol. The van der Waals surface area contributed by atoms with E-state index < -0.39 is 17.4 Å². The van der Waals surface area contributed by atoms with E-state index in [1.165, 1.54) is 23.3 Å². The fourth-order valence-corrected chi connectivity index (χ4v) is 2.58. The van der Waals surface area contributed by atoms with Gasteiger partial charge in [0.15, 0.2) is 0 Å². The van der Waals surface area contributed by atoms with Crippen LogP contribution in [0.1, 0.15) is 23.5 Å². The SMILES string of the molecule is COc1csc(C(=O)N2CC(=O)NC(=O)C2(C)C)c1. The molecule has 6 nitrogen and oxygen atoms in total. The largest absolute Gasteiger partial charge is 0.496 e. The van der Waals surface area contributed by atoms with Crippen LogP contribution in [-0.2, 0) is 9.59 Å². The van der Waals surface area contributed by atoms with Gasteiger partial charge < -0.3 is 9.64 Å². The fraction of sp³-hybridized carbons (Fsp3) is 0.417. The molecule has 0 radical (unpaired) electrons. The van der Waals surface area contributed by atoms with Crippen molar-refractivity contribution in [2.75, 3.05) is 13.7 Å². The van der Waals surface area contributed by atoms with E-state index >= 15 is 0 Å². The van der Waals surface area contributed by atoms with Crippen molar-refractivity contribution in [3.8, 4) is 5.75 Å². The Balaban J connectivity index is 2.30. The molecule has 2 rings (SSSR count). The summed E-state index contributed by atoms with van der Waals surface area (Å²) in [6.07, 6.45) is 0. The Labute approximate surface area is 114 Å². The molecule has 1 aromatic rings. The van der Waals surface area contributed by atoms with Crippen LogP contribution in [0.5, 0.6) is 5.75 Å². The Bertz CT molecular complexity index is 550. The fourth-order valence-electron chi connectivity index (χ4n) is 1.78. The number of hydrogen-bond acceptors (Lipinski definition) is 5. The summed E-state index contributed by atoms with van der Waals surface area (Å²) in [4.78, 5) is 37.3. The molecule has 1 N–H and O–H groups in total. The first-order chi connectivity index (χ1) is 8.86. The van der Waals surface area contributed by atoms with Crippen LogP contribution in [0.2, 0.25) is 0 Å². The first-order valence-electron chi connectivity index (χ1n) is 5.65. The summed E-state index contributed by atoms with van der Waals surface area (Å²) >= 11 is 1.22. The molecule has 1 saturated heterocycles. The third-order valence-electron chi connectivity index (χ3n) is 3.05. The number of thiophene rings is 1. The molecule has 19 heavy (non-hydrogen) atoms. The van der Waals surface area contributed by atoms with Crippen LogP contribution in [0.3, 0.4) is 0 Å². The van der Waals surface area contributed by atoms with E-state index in [0.717, 1.165) is 0 Å². The topological polar surface area (TPSA) is 75.7 Å². The van der Waals surface area contributed by atoms with Crippen molar-refractivity contribution in [2.24, 2.45) is 0 Å². The second kappa shape index (κ2) is 4.65. The molecule has 1 fully saturated rings. The normalized spacial score (nSPS) is 18.2. The van der Waals surface area contributed by atoms with Gasteiger partial charge in [-0.1, -0.05) is 0 Å². The van der Waals surface area contributed by atoms with Gasteiger partial charge in [0.1, 0.15) is 17.8 Å². The van der Waals surface area contributed by atoms with Crippen molar-refractivity contribution in [1.82, 2.24) is 10.2 Å². The van der Waals surface area contributed by atoms with Gasteiger partial charge in [0, 0.05) is 11.4 Å². The van der Waals surface area contributed by atoms with Gasteiger partial charge in [-0.05, 0) is 13.8 Å². The summed E-state index contributed by atoms with van der Waals surface area (Å²) < 4.78 is 5.02. The molecule has 3 amide bonds. The predicted octanol–water partition coefficient (Wildman–Crippen LogP) is 0.634. The number of amides is 3. The highest BCUT2D eigenvalue weighted by Gasteiger charge is 2.44. The van der Waals surface area contributed by atoms with Crippen molar-refractivity contribution < 1.29 is 19.1 Å². The molecular weight excluding hydrogens is 268 g/mol. The molecule has 102 valence electrons. The molecule has 1 aromatic heterocycles. The van der Waals surface area contributed by atoms with Crippen LogP contribution in [0.15, 0.2) is 11.4 Å². The number of rotatable bonds is 2. The van der Waals surface area contributed by atoms with Crippen LogP contribution in [0.4, 0.5) is 0 Å². The van der Waals surface area contributed by atoms with E-state index in [1.807, 2.05) is 0 Å². The van der Waals surface area contributed by atoms with Crippen LogP contribution in [0.25, 0.3) is 0 Å². The summed E-state index contributed by atoms with van der Waals surface area (Å²) in [5.41, 5.74) is -1.05. The van der Waals surface area contributed by atoms with Crippen LogP contribution < -0.4 is 10.1 Å². The van der Waals surface area contributed by atoms with Gasteiger partial charge in [-0.15, -0.1) is 11.3 Å². The Morgan fingerprint density at radius 1 is 1.47 bits per heavy atom. The minimum atomic E-state index is -1.05. The van der Waals surface area contributed by atoms with Crippen molar-refractivity contribution in [2.45, 2.75) is 19.4 Å². The Morgan fingerprint density at radius 3 is 2.74 bits per heavy atom. The second-order valence-corrected chi connectivity index (χ2v) is 5.59. The number of carbonyl (C=O) groups excluding carboxylic acids is 3. The van der Waals surface area contributed by atoms with E-state index in [0.29, 0.717) is 10.6 Å². The highest BCUT2D eigenvalue weighted by Crippen LogP contribution is 2.26. The number of ether oxygens (including phenoxy) is 1. The molecule has 2 heterocycles. The first-order valence-corrected chi connectivity index (χ1v) is 6.53.